The van der Waals surface area contributed by atoms with Gasteiger partial charge in [0, 0.05) is 28.9 Å². The molecule has 4 aromatic rings. The van der Waals surface area contributed by atoms with E-state index in [9.17, 15) is 9.59 Å². The standard InChI is InChI=1S/C22H16ClN3O2/c23-18-7-2-1-5-15(18)13-26-14-16(10-11-21(26)27)22(28)25-20-9-3-8-19-17(20)6-4-12-24-19/h1-12,14H,13H2,(H,25,28). The van der Waals surface area contributed by atoms with Gasteiger partial charge >= 0.3 is 0 Å². The molecule has 138 valence electrons. The first-order valence-corrected chi connectivity index (χ1v) is 9.08. The number of aromatic nitrogens is 2. The maximum atomic E-state index is 12.8. The predicted molar refractivity (Wildman–Crippen MR) is 111 cm³/mol. The summed E-state index contributed by atoms with van der Waals surface area (Å²) in [5.74, 6) is -0.302. The molecule has 2 aromatic carbocycles. The molecular weight excluding hydrogens is 374 g/mol. The molecule has 0 aliphatic heterocycles. The van der Waals surface area contributed by atoms with E-state index in [1.54, 1.807) is 18.5 Å². The fourth-order valence-electron chi connectivity index (χ4n) is 3.01. The molecule has 0 fully saturated rings. The van der Waals surface area contributed by atoms with E-state index < -0.39 is 0 Å². The lowest BCUT2D eigenvalue weighted by molar-refractivity contribution is 0.102. The summed E-state index contributed by atoms with van der Waals surface area (Å²) in [6.07, 6.45) is 3.25. The zero-order chi connectivity index (χ0) is 19.5. The van der Waals surface area contributed by atoms with E-state index in [0.29, 0.717) is 16.3 Å². The van der Waals surface area contributed by atoms with Gasteiger partial charge in [0.1, 0.15) is 0 Å². The van der Waals surface area contributed by atoms with E-state index >= 15 is 0 Å². The highest BCUT2D eigenvalue weighted by Gasteiger charge is 2.11. The monoisotopic (exact) mass is 389 g/mol. The summed E-state index contributed by atoms with van der Waals surface area (Å²) in [5, 5.41) is 4.33. The molecule has 0 bridgehead atoms. The van der Waals surface area contributed by atoms with Crippen LogP contribution < -0.4 is 10.9 Å². The number of nitrogens with one attached hydrogen (secondary N) is 1. The highest BCUT2D eigenvalue weighted by atomic mass is 35.5. The second kappa shape index (κ2) is 7.66. The van der Waals surface area contributed by atoms with Gasteiger partial charge in [-0.15, -0.1) is 0 Å². The van der Waals surface area contributed by atoms with E-state index in [1.807, 2.05) is 48.5 Å². The summed E-state index contributed by atoms with van der Waals surface area (Å²) in [5.41, 5.74) is 2.45. The predicted octanol–water partition coefficient (Wildman–Crippen LogP) is 4.35. The number of amides is 1. The zero-order valence-electron chi connectivity index (χ0n) is 14.8. The van der Waals surface area contributed by atoms with Crippen LogP contribution in [0.15, 0.2) is 83.9 Å². The summed E-state index contributed by atoms with van der Waals surface area (Å²) >= 11 is 6.19. The number of pyridine rings is 2. The van der Waals surface area contributed by atoms with Crippen molar-refractivity contribution in [2.24, 2.45) is 0 Å². The number of carbonyl (C=O) groups is 1. The quantitative estimate of drug-likeness (QED) is 0.564. The molecule has 2 heterocycles. The largest absolute Gasteiger partial charge is 0.321 e. The fourth-order valence-corrected chi connectivity index (χ4v) is 3.20. The normalized spacial score (nSPS) is 10.8. The van der Waals surface area contributed by atoms with Crippen LogP contribution in [-0.4, -0.2) is 15.5 Å². The molecule has 2 aromatic heterocycles. The van der Waals surface area contributed by atoms with Gasteiger partial charge in [-0.1, -0.05) is 35.9 Å². The molecule has 0 aliphatic carbocycles. The minimum atomic E-state index is -0.302. The number of anilines is 1. The van der Waals surface area contributed by atoms with E-state index in [1.165, 1.54) is 16.7 Å². The van der Waals surface area contributed by atoms with Crippen molar-refractivity contribution in [1.29, 1.82) is 0 Å². The lowest BCUT2D eigenvalue weighted by Gasteiger charge is -2.11. The minimum absolute atomic E-state index is 0.203. The third kappa shape index (κ3) is 3.66. The maximum absolute atomic E-state index is 12.8. The van der Waals surface area contributed by atoms with Gasteiger partial charge in [0.25, 0.3) is 11.5 Å². The molecule has 0 spiro atoms. The van der Waals surface area contributed by atoms with Crippen molar-refractivity contribution >= 4 is 34.1 Å². The van der Waals surface area contributed by atoms with Gasteiger partial charge < -0.3 is 9.88 Å². The Bertz CT molecular complexity index is 1230. The Hall–Kier alpha value is -3.44. The Morgan fingerprint density at radius 3 is 2.71 bits per heavy atom. The first-order valence-electron chi connectivity index (χ1n) is 8.71. The number of nitrogens with zero attached hydrogens (tertiary/aromatic N) is 2. The Kier molecular flexibility index (Phi) is 4.91. The Morgan fingerprint density at radius 1 is 1.00 bits per heavy atom. The van der Waals surface area contributed by atoms with Crippen LogP contribution in [0, 0.1) is 0 Å². The highest BCUT2D eigenvalue weighted by molar-refractivity contribution is 6.31. The van der Waals surface area contributed by atoms with Crippen LogP contribution >= 0.6 is 11.6 Å². The Morgan fingerprint density at radius 2 is 1.86 bits per heavy atom. The zero-order valence-corrected chi connectivity index (χ0v) is 15.6. The summed E-state index contributed by atoms with van der Waals surface area (Å²) in [7, 11) is 0. The molecule has 6 heteroatoms. The molecule has 0 atom stereocenters. The van der Waals surface area contributed by atoms with Gasteiger partial charge in [0.15, 0.2) is 0 Å². The molecule has 0 saturated carbocycles. The summed E-state index contributed by atoms with van der Waals surface area (Å²) in [4.78, 5) is 29.3. The van der Waals surface area contributed by atoms with E-state index in [-0.39, 0.29) is 18.0 Å². The number of carbonyl (C=O) groups excluding carboxylic acids is 1. The van der Waals surface area contributed by atoms with Crippen LogP contribution in [0.3, 0.4) is 0 Å². The van der Waals surface area contributed by atoms with Crippen molar-refractivity contribution in [1.82, 2.24) is 9.55 Å². The number of fused-ring (bicyclic) bond motifs is 1. The number of rotatable bonds is 4. The summed E-state index contributed by atoms with van der Waals surface area (Å²) < 4.78 is 1.47. The second-order valence-corrected chi connectivity index (χ2v) is 6.71. The van der Waals surface area contributed by atoms with Crippen molar-refractivity contribution in [2.45, 2.75) is 6.54 Å². The van der Waals surface area contributed by atoms with Crippen molar-refractivity contribution in [2.75, 3.05) is 5.32 Å². The van der Waals surface area contributed by atoms with E-state index in [4.69, 9.17) is 11.6 Å². The molecule has 0 unspecified atom stereocenters. The van der Waals surface area contributed by atoms with Crippen LogP contribution in [-0.2, 0) is 6.54 Å². The highest BCUT2D eigenvalue weighted by Crippen LogP contribution is 2.22. The topological polar surface area (TPSA) is 64.0 Å². The van der Waals surface area contributed by atoms with Crippen molar-refractivity contribution in [3.8, 4) is 0 Å². The molecule has 0 saturated heterocycles. The van der Waals surface area contributed by atoms with E-state index in [0.717, 1.165) is 16.5 Å². The molecule has 0 radical (unpaired) electrons. The molecule has 1 N–H and O–H groups in total. The molecule has 4 rings (SSSR count). The van der Waals surface area contributed by atoms with Gasteiger partial charge in [-0.05, 0) is 42.0 Å². The van der Waals surface area contributed by atoms with Crippen LogP contribution in [0.4, 0.5) is 5.69 Å². The van der Waals surface area contributed by atoms with Crippen LogP contribution in [0.2, 0.25) is 5.02 Å². The maximum Gasteiger partial charge on any atom is 0.257 e. The molecule has 5 nitrogen and oxygen atoms in total. The lowest BCUT2D eigenvalue weighted by Crippen LogP contribution is -2.22. The SMILES string of the molecule is O=C(Nc1cccc2ncccc12)c1ccc(=O)n(Cc2ccccc2Cl)c1. The average Bonchev–Trinajstić information content (AvgIpc) is 2.71. The minimum Gasteiger partial charge on any atom is -0.321 e. The van der Waals surface area contributed by atoms with Gasteiger partial charge in [-0.2, -0.15) is 0 Å². The van der Waals surface area contributed by atoms with Crippen molar-refractivity contribution in [3.63, 3.8) is 0 Å². The Balaban J connectivity index is 1.63. The average molecular weight is 390 g/mol. The third-order valence-electron chi connectivity index (χ3n) is 4.44. The van der Waals surface area contributed by atoms with Gasteiger partial charge in [0.05, 0.1) is 23.3 Å². The first-order chi connectivity index (χ1) is 13.6. The number of halogens is 1. The molecular formula is C22H16ClN3O2. The van der Waals surface area contributed by atoms with Crippen molar-refractivity contribution in [3.05, 3.63) is 106 Å². The number of hydrogen-bond acceptors (Lipinski definition) is 3. The van der Waals surface area contributed by atoms with Gasteiger partial charge in [-0.25, -0.2) is 0 Å². The van der Waals surface area contributed by atoms with Gasteiger partial charge in [0.2, 0.25) is 0 Å². The molecule has 1 amide bonds. The Labute approximate surface area is 166 Å². The third-order valence-corrected chi connectivity index (χ3v) is 4.81. The molecule has 0 aliphatic rings. The second-order valence-electron chi connectivity index (χ2n) is 6.31. The number of benzene rings is 2. The first kappa shape index (κ1) is 17.9. The van der Waals surface area contributed by atoms with Crippen molar-refractivity contribution < 1.29 is 4.79 Å². The van der Waals surface area contributed by atoms with E-state index in [2.05, 4.69) is 10.3 Å². The number of hydrogen-bond donors (Lipinski definition) is 1. The fraction of sp³-hybridized carbons (Fsp3) is 0.0455. The van der Waals surface area contributed by atoms with Gasteiger partial charge in [-0.3, -0.25) is 14.6 Å². The lowest BCUT2D eigenvalue weighted by atomic mass is 10.1. The molecule has 28 heavy (non-hydrogen) atoms. The summed E-state index contributed by atoms with van der Waals surface area (Å²) in [6, 6.07) is 19.5. The van der Waals surface area contributed by atoms with Crippen LogP contribution in [0.1, 0.15) is 15.9 Å². The van der Waals surface area contributed by atoms with Crippen LogP contribution in [0.5, 0.6) is 0 Å². The summed E-state index contributed by atoms with van der Waals surface area (Å²) in [6.45, 7) is 0.289. The van der Waals surface area contributed by atoms with Crippen LogP contribution in [0.25, 0.3) is 10.9 Å². The smallest absolute Gasteiger partial charge is 0.257 e.